The molecule has 0 aliphatic carbocycles. The SMILES string of the molecule is Cc1cc(-c2cnc[nH]2)c2ccccc2c1-c1cnc[nH]1. The minimum atomic E-state index is 1.03. The third kappa shape index (κ3) is 1.84. The van der Waals surface area contributed by atoms with Gasteiger partial charge in [0.1, 0.15) is 0 Å². The van der Waals surface area contributed by atoms with E-state index in [4.69, 9.17) is 0 Å². The van der Waals surface area contributed by atoms with Crippen LogP contribution in [0, 0.1) is 6.92 Å². The van der Waals surface area contributed by atoms with E-state index in [2.05, 4.69) is 57.2 Å². The lowest BCUT2D eigenvalue weighted by atomic mass is 9.92. The largest absolute Gasteiger partial charge is 0.345 e. The fourth-order valence-electron chi connectivity index (χ4n) is 2.89. The molecule has 0 aliphatic rings. The van der Waals surface area contributed by atoms with Crippen molar-refractivity contribution in [2.24, 2.45) is 0 Å². The lowest BCUT2D eigenvalue weighted by Crippen LogP contribution is -1.90. The Morgan fingerprint density at radius 2 is 1.52 bits per heavy atom. The zero-order valence-electron chi connectivity index (χ0n) is 11.6. The molecule has 0 saturated heterocycles. The van der Waals surface area contributed by atoms with Crippen LogP contribution in [0.4, 0.5) is 0 Å². The molecule has 0 spiro atoms. The van der Waals surface area contributed by atoms with Gasteiger partial charge in [0.25, 0.3) is 0 Å². The normalized spacial score (nSPS) is 11.1. The third-order valence-corrected chi connectivity index (χ3v) is 3.80. The van der Waals surface area contributed by atoms with E-state index >= 15 is 0 Å². The van der Waals surface area contributed by atoms with Crippen LogP contribution in [-0.2, 0) is 0 Å². The number of benzene rings is 2. The van der Waals surface area contributed by atoms with Crippen LogP contribution in [0.3, 0.4) is 0 Å². The monoisotopic (exact) mass is 274 g/mol. The number of hydrogen-bond acceptors (Lipinski definition) is 2. The zero-order valence-corrected chi connectivity index (χ0v) is 11.6. The Labute approximate surface area is 121 Å². The van der Waals surface area contributed by atoms with E-state index in [0.717, 1.165) is 11.4 Å². The van der Waals surface area contributed by atoms with Gasteiger partial charge in [-0.2, -0.15) is 0 Å². The molecule has 4 nitrogen and oxygen atoms in total. The van der Waals surface area contributed by atoms with Crippen LogP contribution in [0.15, 0.2) is 55.4 Å². The Bertz CT molecular complexity index is 890. The molecule has 102 valence electrons. The average molecular weight is 274 g/mol. The molecule has 21 heavy (non-hydrogen) atoms. The Kier molecular flexibility index (Phi) is 2.60. The van der Waals surface area contributed by atoms with Gasteiger partial charge >= 0.3 is 0 Å². The highest BCUT2D eigenvalue weighted by Gasteiger charge is 2.13. The van der Waals surface area contributed by atoms with Crippen molar-refractivity contribution in [3.8, 4) is 22.5 Å². The number of imidazole rings is 2. The second-order valence-corrected chi connectivity index (χ2v) is 5.09. The summed E-state index contributed by atoms with van der Waals surface area (Å²) in [5.74, 6) is 0. The Hall–Kier alpha value is -2.88. The van der Waals surface area contributed by atoms with Gasteiger partial charge in [0.05, 0.1) is 36.4 Å². The number of aromatic nitrogens is 4. The first-order valence-electron chi connectivity index (χ1n) is 6.84. The molecular weight excluding hydrogens is 260 g/mol. The standard InChI is InChI=1S/C17H14N4/c1-11-6-14(15-7-18-9-20-15)12-4-2-3-5-13(12)17(11)16-8-19-10-21-16/h2-10H,1H3,(H,18,20)(H,19,21). The summed E-state index contributed by atoms with van der Waals surface area (Å²) < 4.78 is 0. The number of rotatable bonds is 2. The molecule has 0 radical (unpaired) electrons. The first-order valence-corrected chi connectivity index (χ1v) is 6.84. The molecule has 0 unspecified atom stereocenters. The van der Waals surface area contributed by atoms with Crippen molar-refractivity contribution in [3.05, 3.63) is 60.9 Å². The topological polar surface area (TPSA) is 57.4 Å². The molecule has 0 fully saturated rings. The summed E-state index contributed by atoms with van der Waals surface area (Å²) in [6, 6.07) is 10.6. The molecule has 2 heterocycles. The predicted molar refractivity (Wildman–Crippen MR) is 83.8 cm³/mol. The molecule has 4 rings (SSSR count). The van der Waals surface area contributed by atoms with E-state index in [9.17, 15) is 0 Å². The maximum absolute atomic E-state index is 4.15. The second kappa shape index (κ2) is 4.59. The summed E-state index contributed by atoms with van der Waals surface area (Å²) in [5.41, 5.74) is 5.66. The summed E-state index contributed by atoms with van der Waals surface area (Å²) in [6.07, 6.45) is 7.15. The van der Waals surface area contributed by atoms with E-state index in [1.807, 2.05) is 12.4 Å². The molecular formula is C17H14N4. The number of H-pyrrole nitrogens is 2. The van der Waals surface area contributed by atoms with Crippen molar-refractivity contribution in [2.45, 2.75) is 6.92 Å². The molecule has 0 atom stereocenters. The second-order valence-electron chi connectivity index (χ2n) is 5.09. The van der Waals surface area contributed by atoms with Gasteiger partial charge < -0.3 is 9.97 Å². The molecule has 2 aromatic heterocycles. The van der Waals surface area contributed by atoms with Gasteiger partial charge in [-0.25, -0.2) is 9.97 Å². The van der Waals surface area contributed by atoms with Gasteiger partial charge in [0, 0.05) is 11.1 Å². The van der Waals surface area contributed by atoms with Gasteiger partial charge in [-0.1, -0.05) is 24.3 Å². The summed E-state index contributed by atoms with van der Waals surface area (Å²) in [4.78, 5) is 14.7. The number of nitrogens with zero attached hydrogens (tertiary/aromatic N) is 2. The minimum absolute atomic E-state index is 1.03. The van der Waals surface area contributed by atoms with Crippen LogP contribution in [0.25, 0.3) is 33.3 Å². The van der Waals surface area contributed by atoms with Crippen LogP contribution in [0.5, 0.6) is 0 Å². The van der Waals surface area contributed by atoms with Gasteiger partial charge in [-0.3, -0.25) is 0 Å². The van der Waals surface area contributed by atoms with Crippen molar-refractivity contribution in [2.75, 3.05) is 0 Å². The van der Waals surface area contributed by atoms with Gasteiger partial charge in [-0.05, 0) is 29.3 Å². The number of aromatic amines is 2. The number of nitrogens with one attached hydrogen (secondary N) is 2. The molecule has 0 bridgehead atoms. The summed E-state index contributed by atoms with van der Waals surface area (Å²) in [7, 11) is 0. The average Bonchev–Trinajstić information content (AvgIpc) is 3.20. The zero-order chi connectivity index (χ0) is 14.2. The molecule has 0 amide bonds. The predicted octanol–water partition coefficient (Wildman–Crippen LogP) is 3.93. The van der Waals surface area contributed by atoms with Crippen molar-refractivity contribution in [1.82, 2.24) is 19.9 Å². The highest BCUT2D eigenvalue weighted by Crippen LogP contribution is 2.36. The minimum Gasteiger partial charge on any atom is -0.345 e. The van der Waals surface area contributed by atoms with Gasteiger partial charge in [0.2, 0.25) is 0 Å². The van der Waals surface area contributed by atoms with Crippen molar-refractivity contribution in [3.63, 3.8) is 0 Å². The first kappa shape index (κ1) is 11.9. The lowest BCUT2D eigenvalue weighted by Gasteiger charge is -2.13. The van der Waals surface area contributed by atoms with Crippen LogP contribution >= 0.6 is 0 Å². The van der Waals surface area contributed by atoms with Gasteiger partial charge in [-0.15, -0.1) is 0 Å². The van der Waals surface area contributed by atoms with Crippen molar-refractivity contribution in [1.29, 1.82) is 0 Å². The molecule has 2 aromatic carbocycles. The summed E-state index contributed by atoms with van der Waals surface area (Å²) in [6.45, 7) is 2.13. The summed E-state index contributed by atoms with van der Waals surface area (Å²) >= 11 is 0. The van der Waals surface area contributed by atoms with Crippen molar-refractivity contribution >= 4 is 10.8 Å². The summed E-state index contributed by atoms with van der Waals surface area (Å²) in [5, 5.41) is 2.42. The maximum Gasteiger partial charge on any atom is 0.0924 e. The lowest BCUT2D eigenvalue weighted by molar-refractivity contribution is 1.31. The number of hydrogen-bond donors (Lipinski definition) is 2. The highest BCUT2D eigenvalue weighted by molar-refractivity contribution is 6.05. The van der Waals surface area contributed by atoms with Crippen LogP contribution < -0.4 is 0 Å². The molecule has 2 N–H and O–H groups in total. The van der Waals surface area contributed by atoms with Crippen LogP contribution in [0.1, 0.15) is 5.56 Å². The van der Waals surface area contributed by atoms with Crippen molar-refractivity contribution < 1.29 is 0 Å². The Balaban J connectivity index is 2.11. The van der Waals surface area contributed by atoms with E-state index in [1.165, 1.54) is 27.5 Å². The fourth-order valence-corrected chi connectivity index (χ4v) is 2.89. The van der Waals surface area contributed by atoms with E-state index < -0.39 is 0 Å². The quantitative estimate of drug-likeness (QED) is 0.582. The smallest absolute Gasteiger partial charge is 0.0924 e. The number of aryl methyl sites for hydroxylation is 1. The molecule has 4 heteroatoms. The highest BCUT2D eigenvalue weighted by atomic mass is 14.9. The molecule has 0 aliphatic heterocycles. The fraction of sp³-hybridized carbons (Fsp3) is 0.0588. The van der Waals surface area contributed by atoms with E-state index in [1.54, 1.807) is 12.7 Å². The van der Waals surface area contributed by atoms with E-state index in [-0.39, 0.29) is 0 Å². The Morgan fingerprint density at radius 1 is 0.857 bits per heavy atom. The van der Waals surface area contributed by atoms with Crippen LogP contribution in [-0.4, -0.2) is 19.9 Å². The Morgan fingerprint density at radius 3 is 2.19 bits per heavy atom. The molecule has 0 saturated carbocycles. The maximum atomic E-state index is 4.15. The van der Waals surface area contributed by atoms with Gasteiger partial charge in [0.15, 0.2) is 0 Å². The van der Waals surface area contributed by atoms with Crippen LogP contribution in [0.2, 0.25) is 0 Å². The van der Waals surface area contributed by atoms with E-state index in [0.29, 0.717) is 0 Å². The third-order valence-electron chi connectivity index (χ3n) is 3.80. The number of fused-ring (bicyclic) bond motifs is 1. The molecule has 4 aromatic rings. The first-order chi connectivity index (χ1) is 10.3.